The lowest BCUT2D eigenvalue weighted by molar-refractivity contribution is -0.136. The van der Waals surface area contributed by atoms with Gasteiger partial charge in [-0.1, -0.05) is 30.3 Å². The minimum atomic E-state index is -1.02. The molecule has 1 N–H and O–H groups in total. The number of amides is 1. The third kappa shape index (κ3) is 2.45. The second-order valence-corrected chi connectivity index (χ2v) is 6.82. The van der Waals surface area contributed by atoms with Crippen LogP contribution in [0.5, 0.6) is 0 Å². The summed E-state index contributed by atoms with van der Waals surface area (Å²) in [5.41, 5.74) is 2.50. The van der Waals surface area contributed by atoms with Gasteiger partial charge in [-0.2, -0.15) is 0 Å². The molecule has 1 aliphatic rings. The third-order valence-corrected chi connectivity index (χ3v) is 5.24. The van der Waals surface area contributed by atoms with E-state index in [4.69, 9.17) is 5.11 Å². The van der Waals surface area contributed by atoms with Crippen LogP contribution in [0.4, 0.5) is 5.69 Å². The average Bonchev–Trinajstić information content (AvgIpc) is 3.09. The Balaban J connectivity index is 1.69. The van der Waals surface area contributed by atoms with Crippen molar-refractivity contribution in [3.8, 4) is 0 Å². The van der Waals surface area contributed by atoms with Crippen LogP contribution >= 0.6 is 11.3 Å². The molecule has 2 aromatic carbocycles. The van der Waals surface area contributed by atoms with Crippen molar-refractivity contribution in [2.45, 2.75) is 12.3 Å². The molecule has 1 atom stereocenters. The minimum absolute atomic E-state index is 0.169. The van der Waals surface area contributed by atoms with Crippen LogP contribution in [0.1, 0.15) is 16.5 Å². The van der Waals surface area contributed by atoms with Gasteiger partial charge in [0.1, 0.15) is 6.54 Å². The lowest BCUT2D eigenvalue weighted by atomic mass is 9.98. The summed E-state index contributed by atoms with van der Waals surface area (Å²) in [5.74, 6) is -1.56. The fraction of sp³-hybridized carbons (Fsp3) is 0.167. The summed E-state index contributed by atoms with van der Waals surface area (Å²) < 4.78 is 1.09. The Bertz CT molecular complexity index is 917. The van der Waals surface area contributed by atoms with E-state index >= 15 is 0 Å². The zero-order chi connectivity index (χ0) is 16.7. The Morgan fingerprint density at radius 1 is 1.17 bits per heavy atom. The van der Waals surface area contributed by atoms with Crippen LogP contribution in [0.15, 0.2) is 48.5 Å². The lowest BCUT2D eigenvalue weighted by Gasteiger charge is -2.14. The van der Waals surface area contributed by atoms with E-state index < -0.39 is 5.97 Å². The summed E-state index contributed by atoms with van der Waals surface area (Å²) in [6.45, 7) is -0.313. The molecular formula is C18H14N2O3S. The van der Waals surface area contributed by atoms with Gasteiger partial charge in [0.2, 0.25) is 5.91 Å². The number of nitrogens with zero attached hydrogens (tertiary/aromatic N) is 2. The Morgan fingerprint density at radius 3 is 2.71 bits per heavy atom. The number of carboxylic acids is 1. The summed E-state index contributed by atoms with van der Waals surface area (Å²) in [5, 5.41) is 9.97. The van der Waals surface area contributed by atoms with Crippen LogP contribution in [-0.2, 0) is 16.0 Å². The first-order valence-corrected chi connectivity index (χ1v) is 8.41. The van der Waals surface area contributed by atoms with Crippen LogP contribution in [0.3, 0.4) is 0 Å². The molecule has 0 saturated carbocycles. The molecule has 0 saturated heterocycles. The largest absolute Gasteiger partial charge is 0.480 e. The molecule has 120 valence electrons. The van der Waals surface area contributed by atoms with Gasteiger partial charge in [0.25, 0.3) is 0 Å². The predicted molar refractivity (Wildman–Crippen MR) is 92.5 cm³/mol. The molecule has 0 spiro atoms. The standard InChI is InChI=1S/C18H14N2O3S/c21-17(22)10-20-14-7-3-1-5-11(14)12(18(20)23)9-16-19-13-6-2-4-8-15(13)24-16/h1-8,12H,9-10H2,(H,21,22). The number of thiazole rings is 1. The maximum Gasteiger partial charge on any atom is 0.323 e. The minimum Gasteiger partial charge on any atom is -0.480 e. The van der Waals surface area contributed by atoms with Crippen molar-refractivity contribution in [1.82, 2.24) is 4.98 Å². The molecule has 0 aliphatic carbocycles. The number of hydrogen-bond acceptors (Lipinski definition) is 4. The molecule has 0 fully saturated rings. The normalized spacial score (nSPS) is 16.6. The quantitative estimate of drug-likeness (QED) is 0.794. The average molecular weight is 338 g/mol. The molecule has 5 nitrogen and oxygen atoms in total. The van der Waals surface area contributed by atoms with Crippen LogP contribution in [0, 0.1) is 0 Å². The number of carboxylic acid groups (broad SMARTS) is 1. The predicted octanol–water partition coefficient (Wildman–Crippen LogP) is 3.05. The van der Waals surface area contributed by atoms with Crippen LogP contribution in [-0.4, -0.2) is 28.5 Å². The van der Waals surface area contributed by atoms with Gasteiger partial charge in [-0.05, 0) is 23.8 Å². The monoisotopic (exact) mass is 338 g/mol. The number of benzene rings is 2. The van der Waals surface area contributed by atoms with Crippen LogP contribution in [0.2, 0.25) is 0 Å². The Kier molecular flexibility index (Phi) is 3.54. The van der Waals surface area contributed by atoms with Crippen molar-refractivity contribution < 1.29 is 14.7 Å². The van der Waals surface area contributed by atoms with Gasteiger partial charge in [0.05, 0.1) is 21.1 Å². The molecule has 24 heavy (non-hydrogen) atoms. The maximum absolute atomic E-state index is 12.8. The van der Waals surface area contributed by atoms with Crippen LogP contribution in [0.25, 0.3) is 10.2 Å². The fourth-order valence-electron chi connectivity index (χ4n) is 3.15. The number of fused-ring (bicyclic) bond motifs is 2. The van der Waals surface area contributed by atoms with Crippen LogP contribution < -0.4 is 4.90 Å². The summed E-state index contributed by atoms with van der Waals surface area (Å²) in [4.78, 5) is 29.8. The topological polar surface area (TPSA) is 70.5 Å². The number of carbonyl (C=O) groups is 2. The van der Waals surface area contributed by atoms with Gasteiger partial charge in [0, 0.05) is 12.1 Å². The van der Waals surface area contributed by atoms with E-state index in [1.807, 2.05) is 42.5 Å². The highest BCUT2D eigenvalue weighted by molar-refractivity contribution is 7.18. The van der Waals surface area contributed by atoms with E-state index in [0.29, 0.717) is 12.1 Å². The first-order chi connectivity index (χ1) is 11.6. The first-order valence-electron chi connectivity index (χ1n) is 7.60. The molecular weight excluding hydrogens is 324 g/mol. The van der Waals surface area contributed by atoms with E-state index in [1.54, 1.807) is 17.4 Å². The summed E-state index contributed by atoms with van der Waals surface area (Å²) in [7, 11) is 0. The van der Waals surface area contributed by atoms with Gasteiger partial charge in [-0.15, -0.1) is 11.3 Å². The Morgan fingerprint density at radius 2 is 1.92 bits per heavy atom. The highest BCUT2D eigenvalue weighted by Crippen LogP contribution is 2.39. The maximum atomic E-state index is 12.8. The van der Waals surface area contributed by atoms with Gasteiger partial charge in [0.15, 0.2) is 0 Å². The van der Waals surface area contributed by atoms with Crippen molar-refractivity contribution in [3.05, 3.63) is 59.1 Å². The van der Waals surface area contributed by atoms with E-state index in [1.165, 1.54) is 4.90 Å². The van der Waals surface area contributed by atoms with Gasteiger partial charge in [-0.3, -0.25) is 9.59 Å². The highest BCUT2D eigenvalue weighted by atomic mass is 32.1. The molecule has 0 bridgehead atoms. The third-order valence-electron chi connectivity index (χ3n) is 4.18. The number of hydrogen-bond donors (Lipinski definition) is 1. The second kappa shape index (κ2) is 5.72. The van der Waals surface area contributed by atoms with Crippen molar-refractivity contribution in [2.24, 2.45) is 0 Å². The first kappa shape index (κ1) is 14.8. The molecule has 3 aromatic rings. The van der Waals surface area contributed by atoms with E-state index in [0.717, 1.165) is 20.8 Å². The zero-order valence-electron chi connectivity index (χ0n) is 12.7. The number of aromatic nitrogens is 1. The number of anilines is 1. The van der Waals surface area contributed by atoms with Crippen molar-refractivity contribution in [3.63, 3.8) is 0 Å². The van der Waals surface area contributed by atoms with Crippen molar-refractivity contribution >= 4 is 39.1 Å². The van der Waals surface area contributed by atoms with Gasteiger partial charge in [-0.25, -0.2) is 4.98 Å². The molecule has 2 heterocycles. The zero-order valence-corrected chi connectivity index (χ0v) is 13.5. The summed E-state index contributed by atoms with van der Waals surface area (Å²) >= 11 is 1.58. The second-order valence-electron chi connectivity index (χ2n) is 5.71. The number of carbonyl (C=O) groups excluding carboxylic acids is 1. The van der Waals surface area contributed by atoms with Crippen molar-refractivity contribution in [2.75, 3.05) is 11.4 Å². The van der Waals surface area contributed by atoms with E-state index in [-0.39, 0.29) is 18.4 Å². The fourth-order valence-corrected chi connectivity index (χ4v) is 4.16. The molecule has 1 unspecified atom stereocenters. The number of rotatable bonds is 4. The number of para-hydroxylation sites is 2. The Labute approximate surface area is 142 Å². The molecule has 6 heteroatoms. The van der Waals surface area contributed by atoms with Gasteiger partial charge >= 0.3 is 5.97 Å². The SMILES string of the molecule is O=C(O)CN1C(=O)C(Cc2nc3ccccc3s2)c2ccccc21. The summed E-state index contributed by atoms with van der Waals surface area (Å²) in [6, 6.07) is 15.3. The van der Waals surface area contributed by atoms with Crippen molar-refractivity contribution in [1.29, 1.82) is 0 Å². The lowest BCUT2D eigenvalue weighted by Crippen LogP contribution is -2.34. The smallest absolute Gasteiger partial charge is 0.323 e. The van der Waals surface area contributed by atoms with Gasteiger partial charge < -0.3 is 10.0 Å². The molecule has 1 aliphatic heterocycles. The molecule has 4 rings (SSSR count). The summed E-state index contributed by atoms with van der Waals surface area (Å²) in [6.07, 6.45) is 0.491. The van der Waals surface area contributed by atoms with E-state index in [9.17, 15) is 9.59 Å². The highest BCUT2D eigenvalue weighted by Gasteiger charge is 2.38. The Hall–Kier alpha value is -2.73. The number of aliphatic carboxylic acids is 1. The molecule has 0 radical (unpaired) electrons. The van der Waals surface area contributed by atoms with E-state index in [2.05, 4.69) is 4.98 Å². The molecule has 1 amide bonds. The molecule has 1 aromatic heterocycles.